The van der Waals surface area contributed by atoms with Gasteiger partial charge in [0, 0.05) is 4.90 Å². The first-order valence-corrected chi connectivity index (χ1v) is 5.02. The summed E-state index contributed by atoms with van der Waals surface area (Å²) in [4.78, 5) is 10.9. The summed E-state index contributed by atoms with van der Waals surface area (Å²) in [6.45, 7) is 0. The Balaban J connectivity index is 3.35. The molecule has 0 bridgehead atoms. The molecule has 0 aliphatic rings. The monoisotopic (exact) mass is 214 g/mol. The van der Waals surface area contributed by atoms with E-state index in [1.165, 1.54) is 12.1 Å². The number of halogens is 1. The first-order valence-electron chi connectivity index (χ1n) is 3.79. The molecular formula is C8H8BFO3S. The van der Waals surface area contributed by atoms with Crippen molar-refractivity contribution < 1.29 is 19.2 Å². The summed E-state index contributed by atoms with van der Waals surface area (Å²) in [5.41, 5.74) is -0.415. The van der Waals surface area contributed by atoms with Gasteiger partial charge in [0.1, 0.15) is 5.82 Å². The molecule has 0 saturated heterocycles. The number of hydrogen-bond donors (Lipinski definition) is 2. The van der Waals surface area contributed by atoms with Gasteiger partial charge >= 0.3 is 7.12 Å². The molecule has 2 N–H and O–H groups in total. The number of carbonyl (C=O) groups is 1. The lowest BCUT2D eigenvalue weighted by atomic mass is 9.77. The molecular weight excluding hydrogens is 206 g/mol. The minimum absolute atomic E-state index is 0.115. The minimum Gasteiger partial charge on any atom is -0.423 e. The fourth-order valence-electron chi connectivity index (χ4n) is 1.09. The van der Waals surface area contributed by atoms with Crippen LogP contribution >= 0.6 is 11.8 Å². The average Bonchev–Trinajstić information content (AvgIpc) is 2.17. The van der Waals surface area contributed by atoms with Crippen LogP contribution in [0.3, 0.4) is 0 Å². The molecule has 0 spiro atoms. The van der Waals surface area contributed by atoms with E-state index in [0.29, 0.717) is 4.90 Å². The third kappa shape index (κ3) is 1.97. The number of rotatable bonds is 3. The summed E-state index contributed by atoms with van der Waals surface area (Å²) in [6.07, 6.45) is 1.95. The third-order valence-corrected chi connectivity index (χ3v) is 2.55. The van der Waals surface area contributed by atoms with Crippen molar-refractivity contribution in [3.63, 3.8) is 0 Å². The largest absolute Gasteiger partial charge is 0.489 e. The zero-order valence-corrected chi connectivity index (χ0v) is 8.21. The van der Waals surface area contributed by atoms with Crippen LogP contribution in [0.4, 0.5) is 4.39 Å². The zero-order chi connectivity index (χ0) is 10.7. The van der Waals surface area contributed by atoms with Crippen molar-refractivity contribution in [3.05, 3.63) is 23.5 Å². The number of benzene rings is 1. The average molecular weight is 214 g/mol. The summed E-state index contributed by atoms with van der Waals surface area (Å²) in [5, 5.41) is 17.7. The van der Waals surface area contributed by atoms with E-state index in [0.717, 1.165) is 11.8 Å². The second-order valence-electron chi connectivity index (χ2n) is 2.58. The molecule has 6 heteroatoms. The van der Waals surface area contributed by atoms with Gasteiger partial charge in [-0.2, -0.15) is 0 Å². The van der Waals surface area contributed by atoms with E-state index in [1.807, 2.05) is 0 Å². The fraction of sp³-hybridized carbons (Fsp3) is 0.125. The van der Waals surface area contributed by atoms with E-state index < -0.39 is 12.9 Å². The quantitative estimate of drug-likeness (QED) is 0.423. The smallest absolute Gasteiger partial charge is 0.423 e. The predicted molar refractivity (Wildman–Crippen MR) is 53.4 cm³/mol. The molecule has 3 nitrogen and oxygen atoms in total. The van der Waals surface area contributed by atoms with E-state index in [2.05, 4.69) is 0 Å². The van der Waals surface area contributed by atoms with Crippen molar-refractivity contribution in [1.29, 1.82) is 0 Å². The van der Waals surface area contributed by atoms with Gasteiger partial charge in [0.15, 0.2) is 6.29 Å². The van der Waals surface area contributed by atoms with Gasteiger partial charge in [0.2, 0.25) is 0 Å². The molecule has 0 unspecified atom stereocenters. The normalized spacial score (nSPS) is 10.0. The van der Waals surface area contributed by atoms with Gasteiger partial charge in [-0.05, 0) is 17.8 Å². The lowest BCUT2D eigenvalue weighted by Crippen LogP contribution is -2.33. The second kappa shape index (κ2) is 4.59. The van der Waals surface area contributed by atoms with E-state index in [4.69, 9.17) is 10.0 Å². The van der Waals surface area contributed by atoms with Crippen LogP contribution in [-0.4, -0.2) is 29.7 Å². The van der Waals surface area contributed by atoms with Crippen LogP contribution in [0.2, 0.25) is 0 Å². The van der Waals surface area contributed by atoms with Crippen molar-refractivity contribution in [2.24, 2.45) is 0 Å². The lowest BCUT2D eigenvalue weighted by molar-refractivity contribution is 0.112. The molecule has 0 radical (unpaired) electrons. The Morgan fingerprint density at radius 2 is 2.14 bits per heavy atom. The van der Waals surface area contributed by atoms with Crippen LogP contribution in [0, 0.1) is 5.82 Å². The highest BCUT2D eigenvalue weighted by molar-refractivity contribution is 7.98. The summed E-state index contributed by atoms with van der Waals surface area (Å²) in [5.74, 6) is -0.710. The van der Waals surface area contributed by atoms with Gasteiger partial charge < -0.3 is 10.0 Å². The van der Waals surface area contributed by atoms with Crippen LogP contribution in [0.1, 0.15) is 10.4 Å². The van der Waals surface area contributed by atoms with Crippen molar-refractivity contribution in [2.75, 3.05) is 6.26 Å². The van der Waals surface area contributed by atoms with Crippen molar-refractivity contribution in [2.45, 2.75) is 4.90 Å². The Morgan fingerprint density at radius 1 is 1.50 bits per heavy atom. The SMILES string of the molecule is CSc1ccc(B(O)O)c(C=O)c1F. The van der Waals surface area contributed by atoms with Gasteiger partial charge in [0.05, 0.1) is 5.56 Å². The highest BCUT2D eigenvalue weighted by Gasteiger charge is 2.20. The summed E-state index contributed by atoms with van der Waals surface area (Å²) < 4.78 is 13.4. The van der Waals surface area contributed by atoms with Crippen LogP contribution in [0.15, 0.2) is 17.0 Å². The Hall–Kier alpha value is -0.845. The van der Waals surface area contributed by atoms with E-state index in [9.17, 15) is 9.18 Å². The van der Waals surface area contributed by atoms with Crippen LogP contribution in [-0.2, 0) is 0 Å². The molecule has 0 aromatic heterocycles. The highest BCUT2D eigenvalue weighted by Crippen LogP contribution is 2.19. The Bertz CT molecular complexity index is 357. The van der Waals surface area contributed by atoms with Crippen molar-refractivity contribution in [1.82, 2.24) is 0 Å². The lowest BCUT2D eigenvalue weighted by Gasteiger charge is -2.07. The fourth-order valence-corrected chi connectivity index (χ4v) is 1.58. The maximum atomic E-state index is 13.4. The maximum absolute atomic E-state index is 13.4. The molecule has 0 heterocycles. The number of carbonyl (C=O) groups excluding carboxylic acids is 1. The topological polar surface area (TPSA) is 57.5 Å². The summed E-state index contributed by atoms with van der Waals surface area (Å²) >= 11 is 1.15. The summed E-state index contributed by atoms with van der Waals surface area (Å²) in [6, 6.07) is 2.73. The Labute approximate surface area is 85.1 Å². The first-order chi connectivity index (χ1) is 6.61. The molecule has 14 heavy (non-hydrogen) atoms. The third-order valence-electron chi connectivity index (χ3n) is 1.79. The standard InChI is InChI=1S/C8H8BFO3S/c1-14-7-3-2-6(9(12)13)5(4-11)8(7)10/h2-4,12-13H,1H3. The molecule has 0 atom stereocenters. The molecule has 0 saturated carbocycles. The molecule has 0 amide bonds. The number of hydrogen-bond acceptors (Lipinski definition) is 4. The number of aldehydes is 1. The molecule has 1 rings (SSSR count). The van der Waals surface area contributed by atoms with E-state index in [1.54, 1.807) is 6.26 Å². The van der Waals surface area contributed by atoms with Crippen LogP contribution in [0.25, 0.3) is 0 Å². The van der Waals surface area contributed by atoms with E-state index in [-0.39, 0.29) is 17.3 Å². The van der Waals surface area contributed by atoms with Gasteiger partial charge in [-0.3, -0.25) is 4.79 Å². The second-order valence-corrected chi connectivity index (χ2v) is 3.42. The maximum Gasteiger partial charge on any atom is 0.489 e. The first kappa shape index (κ1) is 11.2. The van der Waals surface area contributed by atoms with Gasteiger partial charge in [-0.25, -0.2) is 4.39 Å². The molecule has 1 aromatic carbocycles. The Morgan fingerprint density at radius 3 is 2.57 bits per heavy atom. The predicted octanol–water partition coefficient (Wildman–Crippen LogP) is 0.0399. The number of thioether (sulfide) groups is 1. The Kier molecular flexibility index (Phi) is 3.68. The van der Waals surface area contributed by atoms with Crippen LogP contribution < -0.4 is 5.46 Å². The van der Waals surface area contributed by atoms with E-state index >= 15 is 0 Å². The molecule has 0 aliphatic heterocycles. The van der Waals surface area contributed by atoms with Crippen molar-refractivity contribution in [3.8, 4) is 0 Å². The van der Waals surface area contributed by atoms with Crippen molar-refractivity contribution >= 4 is 30.6 Å². The minimum atomic E-state index is -1.83. The van der Waals surface area contributed by atoms with Gasteiger partial charge in [0.25, 0.3) is 0 Å². The molecule has 0 fully saturated rings. The summed E-state index contributed by atoms with van der Waals surface area (Å²) in [7, 11) is -1.83. The highest BCUT2D eigenvalue weighted by atomic mass is 32.2. The molecule has 0 aliphatic carbocycles. The van der Waals surface area contributed by atoms with Gasteiger partial charge in [-0.1, -0.05) is 6.07 Å². The van der Waals surface area contributed by atoms with Gasteiger partial charge in [-0.15, -0.1) is 11.8 Å². The zero-order valence-electron chi connectivity index (χ0n) is 7.40. The van der Waals surface area contributed by atoms with Crippen LogP contribution in [0.5, 0.6) is 0 Å². The molecule has 74 valence electrons. The molecule has 1 aromatic rings.